The summed E-state index contributed by atoms with van der Waals surface area (Å²) in [7, 11) is -8.53. The van der Waals surface area contributed by atoms with Gasteiger partial charge in [0.05, 0.1) is 4.90 Å². The van der Waals surface area contributed by atoms with Crippen molar-refractivity contribution in [2.24, 2.45) is 0 Å². The van der Waals surface area contributed by atoms with Crippen LogP contribution >= 0.6 is 7.60 Å². The molecule has 0 aromatic heterocycles. The van der Waals surface area contributed by atoms with E-state index >= 15 is 0 Å². The SMILES string of the molecule is Cc1cc(C)c(S(=O)(=O)N/C(=C2/CCc3ccccc32)P(=O)(Oc2ccccc2)Oc2ccccc2)c(C)c1. The summed E-state index contributed by atoms with van der Waals surface area (Å²) in [5.74, 6) is 0.589. The lowest BCUT2D eigenvalue weighted by molar-refractivity contribution is 0.392. The van der Waals surface area contributed by atoms with Gasteiger partial charge in [-0.3, -0.25) is 4.72 Å². The van der Waals surface area contributed by atoms with E-state index in [1.54, 1.807) is 62.4 Å². The zero-order valence-electron chi connectivity index (χ0n) is 22.0. The quantitative estimate of drug-likeness (QED) is 0.225. The Morgan fingerprint density at radius 3 is 1.82 bits per heavy atom. The van der Waals surface area contributed by atoms with Crippen LogP contribution in [0.5, 0.6) is 11.5 Å². The standard InChI is InChI=1S/C31H30NO5PS/c1-22-20-23(2)30(24(3)21-22)39(34,35)32-31(29-19-18-25-12-10-11-17-28(25)29)38(33,36-26-13-6-4-7-14-26)37-27-15-8-5-9-16-27/h4-17,20-21,32H,18-19H2,1-3H3/b31-29+. The van der Waals surface area contributed by atoms with E-state index in [-0.39, 0.29) is 10.3 Å². The van der Waals surface area contributed by atoms with Gasteiger partial charge in [-0.15, -0.1) is 0 Å². The van der Waals surface area contributed by atoms with Crippen molar-refractivity contribution >= 4 is 23.2 Å². The number of aryl methyl sites for hydroxylation is 4. The highest BCUT2D eigenvalue weighted by molar-refractivity contribution is 7.90. The van der Waals surface area contributed by atoms with E-state index in [2.05, 4.69) is 4.72 Å². The van der Waals surface area contributed by atoms with Gasteiger partial charge in [0.15, 0.2) is 5.44 Å². The number of hydrogen-bond acceptors (Lipinski definition) is 5. The second-order valence-electron chi connectivity index (χ2n) is 9.62. The van der Waals surface area contributed by atoms with Gasteiger partial charge in [-0.05, 0) is 85.7 Å². The third-order valence-electron chi connectivity index (χ3n) is 6.59. The van der Waals surface area contributed by atoms with Gasteiger partial charge in [-0.1, -0.05) is 78.4 Å². The Labute approximate surface area is 229 Å². The average molecular weight is 560 g/mol. The minimum atomic E-state index is -4.35. The number of para-hydroxylation sites is 2. The van der Waals surface area contributed by atoms with Gasteiger partial charge in [-0.25, -0.2) is 13.0 Å². The Morgan fingerprint density at radius 1 is 0.744 bits per heavy atom. The van der Waals surface area contributed by atoms with Gasteiger partial charge in [0.25, 0.3) is 10.0 Å². The van der Waals surface area contributed by atoms with Gasteiger partial charge >= 0.3 is 7.60 Å². The minimum Gasteiger partial charge on any atom is -0.412 e. The van der Waals surface area contributed by atoms with Crippen LogP contribution in [-0.4, -0.2) is 8.42 Å². The van der Waals surface area contributed by atoms with E-state index in [9.17, 15) is 13.0 Å². The number of fused-ring (bicyclic) bond motifs is 1. The van der Waals surface area contributed by atoms with Gasteiger partial charge in [0.1, 0.15) is 11.5 Å². The van der Waals surface area contributed by atoms with Crippen LogP contribution in [0.3, 0.4) is 0 Å². The molecule has 4 aromatic rings. The molecule has 0 heterocycles. The van der Waals surface area contributed by atoms with Crippen LogP contribution in [0.2, 0.25) is 0 Å². The maximum absolute atomic E-state index is 15.0. The summed E-state index contributed by atoms with van der Waals surface area (Å²) in [6.45, 7) is 5.43. The number of allylic oxidation sites excluding steroid dienone is 1. The zero-order chi connectivity index (χ0) is 27.6. The first-order valence-electron chi connectivity index (χ1n) is 12.7. The second-order valence-corrected chi connectivity index (χ2v) is 13.1. The number of hydrogen-bond donors (Lipinski definition) is 1. The van der Waals surface area contributed by atoms with Crippen LogP contribution in [0.1, 0.15) is 34.2 Å². The summed E-state index contributed by atoms with van der Waals surface area (Å²) in [5, 5.41) is 0. The molecule has 8 heteroatoms. The van der Waals surface area contributed by atoms with Crippen LogP contribution in [0.15, 0.2) is 107 Å². The number of benzene rings is 4. The molecule has 0 aliphatic heterocycles. The van der Waals surface area contributed by atoms with E-state index in [4.69, 9.17) is 9.05 Å². The van der Waals surface area contributed by atoms with Crippen LogP contribution in [0.25, 0.3) is 5.57 Å². The molecular weight excluding hydrogens is 529 g/mol. The first kappa shape index (κ1) is 26.8. The molecule has 0 saturated heterocycles. The highest BCUT2D eigenvalue weighted by Gasteiger charge is 2.41. The molecule has 6 nitrogen and oxygen atoms in total. The summed E-state index contributed by atoms with van der Waals surface area (Å²) in [5.41, 5.74) is 4.51. The Bertz CT molecular complexity index is 1630. The molecule has 1 aliphatic rings. The molecule has 0 amide bonds. The maximum atomic E-state index is 15.0. The molecule has 0 unspecified atom stereocenters. The summed E-state index contributed by atoms with van der Waals surface area (Å²) in [6, 6.07) is 28.6. The molecule has 1 N–H and O–H groups in total. The minimum absolute atomic E-state index is 0.0838. The molecule has 0 fully saturated rings. The van der Waals surface area contributed by atoms with E-state index in [0.29, 0.717) is 41.0 Å². The summed E-state index contributed by atoms with van der Waals surface area (Å²) in [4.78, 5) is 0.142. The fourth-order valence-electron chi connectivity index (χ4n) is 5.07. The number of rotatable bonds is 8. The fraction of sp³-hybridized carbons (Fsp3) is 0.161. The van der Waals surface area contributed by atoms with Crippen molar-refractivity contribution in [1.29, 1.82) is 0 Å². The maximum Gasteiger partial charge on any atom is 0.479 e. The Hall–Kier alpha value is -3.80. The fourth-order valence-corrected chi connectivity index (χ4v) is 8.91. The molecule has 5 rings (SSSR count). The first-order valence-corrected chi connectivity index (χ1v) is 15.7. The normalized spacial score (nSPS) is 14.4. The molecule has 1 aliphatic carbocycles. The molecule has 39 heavy (non-hydrogen) atoms. The van der Waals surface area contributed by atoms with Crippen molar-refractivity contribution in [3.63, 3.8) is 0 Å². The third-order valence-corrected chi connectivity index (χ3v) is 10.2. The zero-order valence-corrected chi connectivity index (χ0v) is 23.8. The van der Waals surface area contributed by atoms with Crippen LogP contribution in [0.4, 0.5) is 0 Å². The third kappa shape index (κ3) is 5.65. The summed E-state index contributed by atoms with van der Waals surface area (Å²) < 4.78 is 58.0. The molecular formula is C31H30NO5PS. The Kier molecular flexibility index (Phi) is 7.39. The van der Waals surface area contributed by atoms with Crippen LogP contribution in [-0.2, 0) is 21.0 Å². The molecule has 4 aromatic carbocycles. The van der Waals surface area contributed by atoms with E-state index in [0.717, 1.165) is 16.7 Å². The van der Waals surface area contributed by atoms with Crippen molar-refractivity contribution in [3.8, 4) is 11.5 Å². The first-order chi connectivity index (χ1) is 18.7. The monoisotopic (exact) mass is 559 g/mol. The highest BCUT2D eigenvalue weighted by atomic mass is 32.2. The lowest BCUT2D eigenvalue weighted by Gasteiger charge is -2.25. The molecule has 0 atom stereocenters. The summed E-state index contributed by atoms with van der Waals surface area (Å²) >= 11 is 0. The van der Waals surface area contributed by atoms with E-state index in [1.165, 1.54) is 0 Å². The average Bonchev–Trinajstić information content (AvgIpc) is 3.31. The predicted octanol–water partition coefficient (Wildman–Crippen LogP) is 7.56. The highest BCUT2D eigenvalue weighted by Crippen LogP contribution is 2.58. The lowest BCUT2D eigenvalue weighted by Crippen LogP contribution is -2.28. The van der Waals surface area contributed by atoms with Crippen molar-refractivity contribution in [1.82, 2.24) is 4.72 Å². The molecule has 0 spiro atoms. The molecule has 0 radical (unpaired) electrons. The van der Waals surface area contributed by atoms with Crippen LogP contribution < -0.4 is 13.8 Å². The predicted molar refractivity (Wildman–Crippen MR) is 154 cm³/mol. The Balaban J connectivity index is 1.73. The number of sulfonamides is 1. The van der Waals surface area contributed by atoms with E-state index in [1.807, 2.05) is 55.5 Å². The molecule has 200 valence electrons. The topological polar surface area (TPSA) is 81.7 Å². The molecule has 0 bridgehead atoms. The van der Waals surface area contributed by atoms with Crippen molar-refractivity contribution in [3.05, 3.63) is 130 Å². The van der Waals surface area contributed by atoms with Gasteiger partial charge in [0.2, 0.25) is 0 Å². The molecule has 0 saturated carbocycles. The summed E-state index contributed by atoms with van der Waals surface area (Å²) in [6.07, 6.45) is 1.15. The van der Waals surface area contributed by atoms with Gasteiger partial charge < -0.3 is 9.05 Å². The van der Waals surface area contributed by atoms with Crippen molar-refractivity contribution < 1.29 is 22.0 Å². The lowest BCUT2D eigenvalue weighted by atomic mass is 10.1. The number of nitrogens with one attached hydrogen (secondary N) is 1. The van der Waals surface area contributed by atoms with E-state index < -0.39 is 17.6 Å². The Morgan fingerprint density at radius 2 is 1.26 bits per heavy atom. The van der Waals surface area contributed by atoms with Crippen molar-refractivity contribution in [2.75, 3.05) is 0 Å². The second kappa shape index (κ2) is 10.8. The van der Waals surface area contributed by atoms with Gasteiger partial charge in [-0.2, -0.15) is 0 Å². The smallest absolute Gasteiger partial charge is 0.412 e. The largest absolute Gasteiger partial charge is 0.479 e. The van der Waals surface area contributed by atoms with Crippen molar-refractivity contribution in [2.45, 2.75) is 38.5 Å². The van der Waals surface area contributed by atoms with Crippen LogP contribution in [0, 0.1) is 20.8 Å². The van der Waals surface area contributed by atoms with Gasteiger partial charge in [0, 0.05) is 0 Å².